The molecule has 0 radical (unpaired) electrons. The van der Waals surface area contributed by atoms with Crippen LogP contribution in [0.1, 0.15) is 39.5 Å². The van der Waals surface area contributed by atoms with Gasteiger partial charge in [0, 0.05) is 13.1 Å². The predicted octanol–water partition coefficient (Wildman–Crippen LogP) is 0.749. The highest BCUT2D eigenvalue weighted by Gasteiger charge is 2.25. The molecule has 1 fully saturated rings. The van der Waals surface area contributed by atoms with Crippen molar-refractivity contribution in [2.75, 3.05) is 26.2 Å². The number of aliphatic hydroxyl groups is 1. The van der Waals surface area contributed by atoms with Gasteiger partial charge >= 0.3 is 0 Å². The average Bonchev–Trinajstić information content (AvgIpc) is 2.37. The summed E-state index contributed by atoms with van der Waals surface area (Å²) in [4.78, 5) is 13.7. The first kappa shape index (κ1) is 13.5. The number of carbonyl (C=O) groups excluding carboxylic acids is 1. The van der Waals surface area contributed by atoms with Crippen LogP contribution in [0.5, 0.6) is 0 Å². The van der Waals surface area contributed by atoms with Crippen LogP contribution in [-0.2, 0) is 4.79 Å². The Hall–Kier alpha value is -0.610. The van der Waals surface area contributed by atoms with Gasteiger partial charge in [0.05, 0.1) is 12.1 Å². The van der Waals surface area contributed by atoms with Crippen LogP contribution in [0.15, 0.2) is 0 Å². The van der Waals surface area contributed by atoms with Crippen molar-refractivity contribution >= 4 is 5.91 Å². The van der Waals surface area contributed by atoms with Crippen LogP contribution in [0.25, 0.3) is 0 Å². The molecule has 1 unspecified atom stereocenters. The number of rotatable bonds is 4. The van der Waals surface area contributed by atoms with Crippen molar-refractivity contribution in [1.82, 2.24) is 10.2 Å². The summed E-state index contributed by atoms with van der Waals surface area (Å²) in [6.07, 6.45) is 3.53. The average molecular weight is 228 g/mol. The van der Waals surface area contributed by atoms with Crippen molar-refractivity contribution in [2.45, 2.75) is 45.1 Å². The number of carbonyl (C=O) groups is 1. The molecule has 1 atom stereocenters. The monoisotopic (exact) mass is 228 g/mol. The molecule has 1 saturated heterocycles. The molecule has 0 aromatic carbocycles. The van der Waals surface area contributed by atoms with Gasteiger partial charge < -0.3 is 10.4 Å². The molecule has 2 N–H and O–H groups in total. The maximum absolute atomic E-state index is 11.5. The molecule has 94 valence electrons. The van der Waals surface area contributed by atoms with Gasteiger partial charge in [-0.15, -0.1) is 0 Å². The Labute approximate surface area is 98.0 Å². The van der Waals surface area contributed by atoms with Gasteiger partial charge in [0.1, 0.15) is 0 Å². The summed E-state index contributed by atoms with van der Waals surface area (Å²) >= 11 is 0. The van der Waals surface area contributed by atoms with Gasteiger partial charge in [-0.1, -0.05) is 6.92 Å². The van der Waals surface area contributed by atoms with Gasteiger partial charge in [0.15, 0.2) is 0 Å². The van der Waals surface area contributed by atoms with E-state index in [0.717, 1.165) is 45.3 Å². The Kier molecular flexibility index (Phi) is 5.22. The van der Waals surface area contributed by atoms with Crippen molar-refractivity contribution < 1.29 is 9.90 Å². The number of nitrogens with zero attached hydrogens (tertiary/aromatic N) is 1. The molecule has 1 aliphatic rings. The summed E-state index contributed by atoms with van der Waals surface area (Å²) in [5.41, 5.74) is -0.547. The van der Waals surface area contributed by atoms with Crippen LogP contribution in [0.2, 0.25) is 0 Å². The molecule has 1 heterocycles. The maximum Gasteiger partial charge on any atom is 0.234 e. The number of likely N-dealkylation sites (tertiary alicyclic amines) is 1. The quantitative estimate of drug-likeness (QED) is 0.746. The summed E-state index contributed by atoms with van der Waals surface area (Å²) in [5.74, 6) is 0.100. The van der Waals surface area contributed by atoms with Crippen LogP contribution < -0.4 is 5.32 Å². The van der Waals surface area contributed by atoms with Gasteiger partial charge in [-0.25, -0.2) is 0 Å². The molecular formula is C12H24N2O2. The smallest absolute Gasteiger partial charge is 0.234 e. The second-order valence-electron chi connectivity index (χ2n) is 4.98. The number of amides is 1. The van der Waals surface area contributed by atoms with Crippen LogP contribution in [-0.4, -0.2) is 47.7 Å². The zero-order valence-electron chi connectivity index (χ0n) is 10.5. The molecular weight excluding hydrogens is 204 g/mol. The summed E-state index contributed by atoms with van der Waals surface area (Å²) in [6.45, 7) is 6.87. The third kappa shape index (κ3) is 4.94. The van der Waals surface area contributed by atoms with Gasteiger partial charge in [0.25, 0.3) is 0 Å². The third-order valence-corrected chi connectivity index (χ3v) is 3.10. The third-order valence-electron chi connectivity index (χ3n) is 3.10. The first-order valence-electron chi connectivity index (χ1n) is 6.25. The first-order valence-corrected chi connectivity index (χ1v) is 6.25. The van der Waals surface area contributed by atoms with E-state index in [-0.39, 0.29) is 5.91 Å². The largest absolute Gasteiger partial charge is 0.390 e. The van der Waals surface area contributed by atoms with E-state index >= 15 is 0 Å². The van der Waals surface area contributed by atoms with E-state index in [9.17, 15) is 9.90 Å². The van der Waals surface area contributed by atoms with Crippen LogP contribution >= 0.6 is 0 Å². The molecule has 4 heteroatoms. The molecule has 0 spiro atoms. The van der Waals surface area contributed by atoms with E-state index in [1.165, 1.54) is 0 Å². The molecule has 4 nitrogen and oxygen atoms in total. The van der Waals surface area contributed by atoms with E-state index in [4.69, 9.17) is 0 Å². The van der Waals surface area contributed by atoms with Gasteiger partial charge in [-0.3, -0.25) is 9.69 Å². The predicted molar refractivity (Wildman–Crippen MR) is 64.2 cm³/mol. The highest BCUT2D eigenvalue weighted by Crippen LogP contribution is 2.20. The van der Waals surface area contributed by atoms with E-state index in [1.807, 2.05) is 13.8 Å². The minimum atomic E-state index is -0.547. The molecule has 1 aliphatic heterocycles. The Morgan fingerprint density at radius 1 is 1.44 bits per heavy atom. The number of hydrogen-bond acceptors (Lipinski definition) is 3. The van der Waals surface area contributed by atoms with E-state index in [1.54, 1.807) is 0 Å². The SMILES string of the molecule is CCCNC(=O)CN1CCCC(C)(O)CC1. The van der Waals surface area contributed by atoms with Crippen molar-refractivity contribution in [3.8, 4) is 0 Å². The van der Waals surface area contributed by atoms with Gasteiger partial charge in [0.2, 0.25) is 5.91 Å². The highest BCUT2D eigenvalue weighted by molar-refractivity contribution is 5.77. The lowest BCUT2D eigenvalue weighted by molar-refractivity contribution is -0.122. The molecule has 16 heavy (non-hydrogen) atoms. The number of nitrogens with one attached hydrogen (secondary N) is 1. The highest BCUT2D eigenvalue weighted by atomic mass is 16.3. The zero-order valence-corrected chi connectivity index (χ0v) is 10.5. The Morgan fingerprint density at radius 2 is 2.19 bits per heavy atom. The number of hydrogen-bond donors (Lipinski definition) is 2. The summed E-state index contributed by atoms with van der Waals surface area (Å²) < 4.78 is 0. The van der Waals surface area contributed by atoms with E-state index in [0.29, 0.717) is 6.54 Å². The van der Waals surface area contributed by atoms with Crippen molar-refractivity contribution in [3.63, 3.8) is 0 Å². The van der Waals surface area contributed by atoms with Gasteiger partial charge in [-0.2, -0.15) is 0 Å². The Morgan fingerprint density at radius 3 is 2.88 bits per heavy atom. The molecule has 0 saturated carbocycles. The molecule has 1 rings (SSSR count). The fraction of sp³-hybridized carbons (Fsp3) is 0.917. The summed E-state index contributed by atoms with van der Waals surface area (Å²) in [7, 11) is 0. The Bertz CT molecular complexity index is 229. The van der Waals surface area contributed by atoms with Crippen molar-refractivity contribution in [1.29, 1.82) is 0 Å². The van der Waals surface area contributed by atoms with Crippen molar-refractivity contribution in [2.24, 2.45) is 0 Å². The van der Waals surface area contributed by atoms with Crippen LogP contribution in [0.3, 0.4) is 0 Å². The van der Waals surface area contributed by atoms with Crippen LogP contribution in [0.4, 0.5) is 0 Å². The van der Waals surface area contributed by atoms with Gasteiger partial charge in [-0.05, 0) is 39.2 Å². The minimum Gasteiger partial charge on any atom is -0.390 e. The topological polar surface area (TPSA) is 52.6 Å². The lowest BCUT2D eigenvalue weighted by Crippen LogP contribution is -2.38. The lowest BCUT2D eigenvalue weighted by atomic mass is 9.98. The lowest BCUT2D eigenvalue weighted by Gasteiger charge is -2.21. The fourth-order valence-electron chi connectivity index (χ4n) is 2.00. The molecule has 0 bridgehead atoms. The summed E-state index contributed by atoms with van der Waals surface area (Å²) in [6, 6.07) is 0. The van der Waals surface area contributed by atoms with Crippen molar-refractivity contribution in [3.05, 3.63) is 0 Å². The van der Waals surface area contributed by atoms with E-state index in [2.05, 4.69) is 10.2 Å². The second kappa shape index (κ2) is 6.21. The maximum atomic E-state index is 11.5. The van der Waals surface area contributed by atoms with Crippen LogP contribution in [0, 0.1) is 0 Å². The molecule has 0 aliphatic carbocycles. The Balaban J connectivity index is 2.29. The molecule has 1 amide bonds. The normalized spacial score (nSPS) is 27.4. The second-order valence-corrected chi connectivity index (χ2v) is 4.98. The molecule has 0 aromatic rings. The standard InChI is InChI=1S/C12H24N2O2/c1-3-7-13-11(15)10-14-8-4-5-12(2,16)6-9-14/h16H,3-10H2,1-2H3,(H,13,15). The van der Waals surface area contributed by atoms with E-state index < -0.39 is 5.60 Å². The zero-order chi connectivity index (χ0) is 12.0. The molecule has 0 aromatic heterocycles. The first-order chi connectivity index (χ1) is 7.53. The summed E-state index contributed by atoms with van der Waals surface area (Å²) in [5, 5.41) is 12.8. The fourth-order valence-corrected chi connectivity index (χ4v) is 2.00. The minimum absolute atomic E-state index is 0.100.